The van der Waals surface area contributed by atoms with Crippen LogP contribution in [-0.4, -0.2) is 56.8 Å². The molecule has 5 nitrogen and oxygen atoms in total. The molecule has 1 unspecified atom stereocenters. The molecule has 0 bridgehead atoms. The molecule has 1 fully saturated rings. The minimum absolute atomic E-state index is 0.515. The van der Waals surface area contributed by atoms with Gasteiger partial charge in [0, 0.05) is 37.6 Å². The molecule has 1 aromatic rings. The molecule has 1 aliphatic rings. The van der Waals surface area contributed by atoms with E-state index in [1.54, 1.807) is 11.3 Å². The number of morpholine rings is 1. The van der Waals surface area contributed by atoms with Crippen LogP contribution in [0.25, 0.3) is 0 Å². The SMILES string of the molecule is CC(CN=C(N)NCCc1cccs1)CN1CCOCC1. The maximum atomic E-state index is 5.90. The molecule has 6 heteroatoms. The predicted octanol–water partition coefficient (Wildman–Crippen LogP) is 1.16. The molecule has 21 heavy (non-hydrogen) atoms. The zero-order chi connectivity index (χ0) is 14.9. The van der Waals surface area contributed by atoms with Crippen molar-refractivity contribution in [2.75, 3.05) is 45.9 Å². The molecule has 1 atom stereocenters. The summed E-state index contributed by atoms with van der Waals surface area (Å²) < 4.78 is 5.36. The molecule has 0 amide bonds. The first kappa shape index (κ1) is 16.3. The lowest BCUT2D eigenvalue weighted by Crippen LogP contribution is -2.39. The third-order valence-corrected chi connectivity index (χ3v) is 4.44. The van der Waals surface area contributed by atoms with E-state index in [1.165, 1.54) is 4.88 Å². The van der Waals surface area contributed by atoms with Gasteiger partial charge in [0.05, 0.1) is 13.2 Å². The van der Waals surface area contributed by atoms with Gasteiger partial charge in [0.1, 0.15) is 0 Å². The lowest BCUT2D eigenvalue weighted by atomic mass is 10.1. The number of thiophene rings is 1. The van der Waals surface area contributed by atoms with Crippen molar-refractivity contribution < 1.29 is 4.74 Å². The molecular weight excluding hydrogens is 284 g/mol. The van der Waals surface area contributed by atoms with E-state index in [0.29, 0.717) is 11.9 Å². The van der Waals surface area contributed by atoms with Crippen molar-refractivity contribution in [3.63, 3.8) is 0 Å². The highest BCUT2D eigenvalue weighted by atomic mass is 32.1. The Hall–Kier alpha value is -1.11. The first-order valence-electron chi connectivity index (χ1n) is 7.60. The lowest BCUT2D eigenvalue weighted by molar-refractivity contribution is 0.0323. The van der Waals surface area contributed by atoms with Crippen LogP contribution < -0.4 is 11.1 Å². The normalized spacial score (nSPS) is 18.6. The van der Waals surface area contributed by atoms with Gasteiger partial charge in [-0.25, -0.2) is 0 Å². The molecule has 3 N–H and O–H groups in total. The fraction of sp³-hybridized carbons (Fsp3) is 0.667. The highest BCUT2D eigenvalue weighted by molar-refractivity contribution is 7.09. The average molecular weight is 310 g/mol. The second-order valence-electron chi connectivity index (χ2n) is 5.50. The fourth-order valence-corrected chi connectivity index (χ4v) is 3.07. The van der Waals surface area contributed by atoms with Gasteiger partial charge in [-0.3, -0.25) is 9.89 Å². The van der Waals surface area contributed by atoms with Gasteiger partial charge in [-0.2, -0.15) is 0 Å². The first-order chi connectivity index (χ1) is 10.2. The summed E-state index contributed by atoms with van der Waals surface area (Å²) in [6, 6.07) is 4.22. The van der Waals surface area contributed by atoms with Gasteiger partial charge in [0.2, 0.25) is 0 Å². The number of ether oxygens (including phenoxy) is 1. The van der Waals surface area contributed by atoms with E-state index in [-0.39, 0.29) is 0 Å². The van der Waals surface area contributed by atoms with Crippen molar-refractivity contribution in [1.29, 1.82) is 0 Å². The van der Waals surface area contributed by atoms with Gasteiger partial charge in [-0.05, 0) is 23.8 Å². The van der Waals surface area contributed by atoms with Crippen LogP contribution in [0.1, 0.15) is 11.8 Å². The van der Waals surface area contributed by atoms with Gasteiger partial charge in [0.25, 0.3) is 0 Å². The Morgan fingerprint density at radius 3 is 3.05 bits per heavy atom. The number of hydrogen-bond donors (Lipinski definition) is 2. The molecule has 0 aromatic carbocycles. The summed E-state index contributed by atoms with van der Waals surface area (Å²) in [4.78, 5) is 8.24. The molecule has 0 aliphatic carbocycles. The van der Waals surface area contributed by atoms with Crippen molar-refractivity contribution >= 4 is 17.3 Å². The van der Waals surface area contributed by atoms with E-state index in [2.05, 4.69) is 39.6 Å². The van der Waals surface area contributed by atoms with E-state index in [4.69, 9.17) is 10.5 Å². The number of nitrogens with two attached hydrogens (primary N) is 1. The molecule has 2 rings (SSSR count). The van der Waals surface area contributed by atoms with E-state index in [1.807, 2.05) is 0 Å². The summed E-state index contributed by atoms with van der Waals surface area (Å²) in [5, 5.41) is 5.28. The minimum Gasteiger partial charge on any atom is -0.379 e. The van der Waals surface area contributed by atoms with Crippen LogP contribution in [0, 0.1) is 5.92 Å². The van der Waals surface area contributed by atoms with Crippen LogP contribution in [0.15, 0.2) is 22.5 Å². The van der Waals surface area contributed by atoms with Crippen LogP contribution >= 0.6 is 11.3 Å². The molecule has 1 saturated heterocycles. The number of rotatable bonds is 7. The zero-order valence-electron chi connectivity index (χ0n) is 12.8. The van der Waals surface area contributed by atoms with E-state index in [0.717, 1.165) is 52.4 Å². The molecule has 0 saturated carbocycles. The average Bonchev–Trinajstić information content (AvgIpc) is 2.99. The number of nitrogens with one attached hydrogen (secondary N) is 1. The van der Waals surface area contributed by atoms with Crippen LogP contribution in [0.2, 0.25) is 0 Å². The van der Waals surface area contributed by atoms with Crippen molar-refractivity contribution in [2.24, 2.45) is 16.6 Å². The predicted molar refractivity (Wildman–Crippen MR) is 88.9 cm³/mol. The summed E-state index contributed by atoms with van der Waals surface area (Å²) in [5.41, 5.74) is 5.90. The summed E-state index contributed by atoms with van der Waals surface area (Å²) >= 11 is 1.78. The van der Waals surface area contributed by atoms with E-state index in [9.17, 15) is 0 Å². The largest absolute Gasteiger partial charge is 0.379 e. The minimum atomic E-state index is 0.515. The number of nitrogens with zero attached hydrogens (tertiary/aromatic N) is 2. The molecule has 2 heterocycles. The van der Waals surface area contributed by atoms with Crippen LogP contribution in [0.4, 0.5) is 0 Å². The smallest absolute Gasteiger partial charge is 0.188 e. The first-order valence-corrected chi connectivity index (χ1v) is 8.48. The second kappa shape index (κ2) is 9.02. The third-order valence-electron chi connectivity index (χ3n) is 3.50. The Bertz CT molecular complexity index is 415. The van der Waals surface area contributed by atoms with Gasteiger partial charge >= 0.3 is 0 Å². The van der Waals surface area contributed by atoms with Gasteiger partial charge < -0.3 is 15.8 Å². The molecule has 118 valence electrons. The van der Waals surface area contributed by atoms with E-state index < -0.39 is 0 Å². The monoisotopic (exact) mass is 310 g/mol. The molecule has 1 aromatic heterocycles. The number of guanidine groups is 1. The molecule has 1 aliphatic heterocycles. The number of hydrogen-bond acceptors (Lipinski definition) is 4. The van der Waals surface area contributed by atoms with Crippen molar-refractivity contribution in [3.8, 4) is 0 Å². The maximum Gasteiger partial charge on any atom is 0.188 e. The Balaban J connectivity index is 1.60. The topological polar surface area (TPSA) is 62.9 Å². The summed E-state index contributed by atoms with van der Waals surface area (Å²) in [5.74, 6) is 1.07. The Morgan fingerprint density at radius 2 is 2.33 bits per heavy atom. The summed E-state index contributed by atoms with van der Waals surface area (Å²) in [6.45, 7) is 8.66. The van der Waals surface area contributed by atoms with Crippen LogP contribution in [0.5, 0.6) is 0 Å². The van der Waals surface area contributed by atoms with Crippen molar-refractivity contribution in [3.05, 3.63) is 22.4 Å². The molecule has 0 spiro atoms. The molecule has 0 radical (unpaired) electrons. The quantitative estimate of drug-likeness (QED) is 0.586. The van der Waals surface area contributed by atoms with Gasteiger partial charge in [-0.1, -0.05) is 13.0 Å². The maximum absolute atomic E-state index is 5.90. The second-order valence-corrected chi connectivity index (χ2v) is 6.53. The summed E-state index contributed by atoms with van der Waals surface area (Å²) in [6.07, 6.45) is 0.997. The third kappa shape index (κ3) is 6.46. The Morgan fingerprint density at radius 1 is 1.52 bits per heavy atom. The van der Waals surface area contributed by atoms with Crippen LogP contribution in [-0.2, 0) is 11.2 Å². The highest BCUT2D eigenvalue weighted by Crippen LogP contribution is 2.08. The summed E-state index contributed by atoms with van der Waals surface area (Å²) in [7, 11) is 0. The fourth-order valence-electron chi connectivity index (χ4n) is 2.36. The molecular formula is C15H26N4OS. The van der Waals surface area contributed by atoms with E-state index >= 15 is 0 Å². The lowest BCUT2D eigenvalue weighted by Gasteiger charge is -2.28. The van der Waals surface area contributed by atoms with Crippen molar-refractivity contribution in [2.45, 2.75) is 13.3 Å². The van der Waals surface area contributed by atoms with Crippen molar-refractivity contribution in [1.82, 2.24) is 10.2 Å². The van der Waals surface area contributed by atoms with Crippen LogP contribution in [0.3, 0.4) is 0 Å². The standard InChI is InChI=1S/C15H26N4OS/c1-13(12-19-6-8-20-9-7-19)11-18-15(16)17-5-4-14-3-2-10-21-14/h2-3,10,13H,4-9,11-12H2,1H3,(H3,16,17,18). The van der Waals surface area contributed by atoms with Gasteiger partial charge in [-0.15, -0.1) is 11.3 Å². The highest BCUT2D eigenvalue weighted by Gasteiger charge is 2.13. The Labute approximate surface area is 131 Å². The number of aliphatic imine (C=N–C) groups is 1. The van der Waals surface area contributed by atoms with Gasteiger partial charge in [0.15, 0.2) is 5.96 Å². The Kier molecular flexibility index (Phi) is 6.99. The zero-order valence-corrected chi connectivity index (χ0v) is 13.6.